The lowest BCUT2D eigenvalue weighted by Gasteiger charge is -1.82. The van der Waals surface area contributed by atoms with E-state index in [9.17, 15) is 14.4 Å². The van der Waals surface area contributed by atoms with Gasteiger partial charge in [0.1, 0.15) is 0 Å². The number of carboxylic acids is 3. The topological polar surface area (TPSA) is 112 Å². The van der Waals surface area contributed by atoms with Gasteiger partial charge >= 0.3 is 24.6 Å². The van der Waals surface area contributed by atoms with E-state index in [2.05, 4.69) is 0 Å². The predicted octanol–water partition coefficient (Wildman–Crippen LogP) is -1.64. The van der Waals surface area contributed by atoms with Crippen LogP contribution in [0.5, 0.6) is 0 Å². The zero-order valence-corrected chi connectivity index (χ0v) is 7.64. The first-order chi connectivity index (χ1) is 7.41. The maximum absolute atomic E-state index is 10.1. The highest BCUT2D eigenvalue weighted by molar-refractivity contribution is 6.83. The van der Waals surface area contributed by atoms with E-state index >= 15 is 0 Å². The number of carbonyl (C=O) groups is 3. The largest absolute Gasteiger partial charge is 0.472 e. The van der Waals surface area contributed by atoms with Gasteiger partial charge in [-0.2, -0.15) is 0 Å². The molecule has 0 spiro atoms. The van der Waals surface area contributed by atoms with Crippen molar-refractivity contribution in [3.8, 4) is 35.2 Å². The second-order valence-electron chi connectivity index (χ2n) is 2.16. The van der Waals surface area contributed by atoms with Gasteiger partial charge in [0, 0.05) is 17.8 Å². The van der Waals surface area contributed by atoms with Crippen molar-refractivity contribution in [2.75, 3.05) is 0 Å². The van der Waals surface area contributed by atoms with Gasteiger partial charge in [0.25, 0.3) is 0 Å². The molecular weight excluding hydrogens is 215 g/mol. The first-order valence-corrected chi connectivity index (χ1v) is 3.65. The summed E-state index contributed by atoms with van der Waals surface area (Å²) >= 11 is 0. The molecule has 0 fully saturated rings. The van der Waals surface area contributed by atoms with Crippen molar-refractivity contribution in [1.82, 2.24) is 0 Å². The van der Waals surface area contributed by atoms with Crippen LogP contribution in [0.4, 0.5) is 0 Å². The molecule has 0 aliphatic rings. The van der Waals surface area contributed by atoms with Crippen molar-refractivity contribution in [2.24, 2.45) is 0 Å². The van der Waals surface area contributed by atoms with E-state index < -0.39 is 24.6 Å². The van der Waals surface area contributed by atoms with Crippen LogP contribution >= 0.6 is 0 Å². The van der Waals surface area contributed by atoms with Gasteiger partial charge in [0.05, 0.1) is 0 Å². The highest BCUT2D eigenvalue weighted by Gasteiger charge is 2.04. The molecule has 0 rings (SSSR count). The first-order valence-electron chi connectivity index (χ1n) is 3.65. The van der Waals surface area contributed by atoms with Crippen molar-refractivity contribution in [3.63, 3.8) is 0 Å². The van der Waals surface area contributed by atoms with E-state index in [0.717, 1.165) is 0 Å². The van der Waals surface area contributed by atoms with Crippen LogP contribution < -0.4 is 0 Å². The quantitative estimate of drug-likeness (QED) is 0.332. The Morgan fingerprint density at radius 1 is 0.688 bits per heavy atom. The maximum atomic E-state index is 10.1. The standard InChI is InChI=1S/C9H3BO6/c11-7(12)1-4-10(5-2-8(13)14)6-3-9(15)16/h(H,11,12)(H,13,14)(H,15,16). The van der Waals surface area contributed by atoms with Gasteiger partial charge in [-0.25, -0.2) is 14.4 Å². The number of hydrogen-bond acceptors (Lipinski definition) is 3. The van der Waals surface area contributed by atoms with Crippen LogP contribution in [0.15, 0.2) is 0 Å². The Kier molecular flexibility index (Phi) is 5.41. The van der Waals surface area contributed by atoms with E-state index in [1.807, 2.05) is 17.5 Å². The van der Waals surface area contributed by atoms with Gasteiger partial charge in [-0.15, -0.1) is 17.5 Å². The lowest BCUT2D eigenvalue weighted by molar-refractivity contribution is -0.131. The van der Waals surface area contributed by atoms with Crippen LogP contribution in [0.2, 0.25) is 0 Å². The van der Waals surface area contributed by atoms with E-state index in [4.69, 9.17) is 15.3 Å². The van der Waals surface area contributed by atoms with Gasteiger partial charge in [0.2, 0.25) is 0 Å². The SMILES string of the molecule is O=C(O)C#CB(C#CC(=O)O)C#CC(=O)O. The van der Waals surface area contributed by atoms with Crippen molar-refractivity contribution in [2.45, 2.75) is 0 Å². The average Bonchev–Trinajstić information content (AvgIpc) is 2.15. The summed E-state index contributed by atoms with van der Waals surface area (Å²) in [6, 6.07) is 0. The molecule has 3 N–H and O–H groups in total. The summed E-state index contributed by atoms with van der Waals surface area (Å²) in [5, 5.41) is 24.6. The van der Waals surface area contributed by atoms with Gasteiger partial charge in [-0.05, 0) is 0 Å². The fraction of sp³-hybridized carbons (Fsp3) is 0. The lowest BCUT2D eigenvalue weighted by Crippen LogP contribution is -2.08. The molecule has 0 saturated heterocycles. The zero-order chi connectivity index (χ0) is 12.6. The molecule has 0 aromatic carbocycles. The highest BCUT2D eigenvalue weighted by Crippen LogP contribution is 1.76. The van der Waals surface area contributed by atoms with Gasteiger partial charge in [-0.3, -0.25) is 0 Å². The Labute approximate surface area is 90.3 Å². The average molecular weight is 218 g/mol. The van der Waals surface area contributed by atoms with Gasteiger partial charge in [0.15, 0.2) is 0 Å². The third-order valence-electron chi connectivity index (χ3n) is 0.970. The molecule has 16 heavy (non-hydrogen) atoms. The molecule has 6 nitrogen and oxygen atoms in total. The van der Waals surface area contributed by atoms with Crippen LogP contribution in [-0.2, 0) is 14.4 Å². The molecule has 7 heteroatoms. The maximum Gasteiger partial charge on any atom is 0.397 e. The Balaban J connectivity index is 4.99. The first kappa shape index (κ1) is 13.2. The molecular formula is C9H3BO6. The van der Waals surface area contributed by atoms with Crippen LogP contribution in [-0.4, -0.2) is 39.9 Å². The van der Waals surface area contributed by atoms with E-state index in [1.54, 1.807) is 17.8 Å². The summed E-state index contributed by atoms with van der Waals surface area (Å²) in [7, 11) is 0. The number of hydrogen-bond donors (Lipinski definition) is 3. The lowest BCUT2D eigenvalue weighted by atomic mass is 9.52. The molecule has 78 valence electrons. The fourth-order valence-electron chi connectivity index (χ4n) is 0.510. The Bertz CT molecular complexity index is 425. The van der Waals surface area contributed by atoms with Crippen LogP contribution in [0.3, 0.4) is 0 Å². The molecule has 0 aliphatic heterocycles. The molecule has 0 radical (unpaired) electrons. The molecule has 0 atom stereocenters. The zero-order valence-electron chi connectivity index (χ0n) is 7.64. The molecule has 0 aromatic heterocycles. The second-order valence-corrected chi connectivity index (χ2v) is 2.16. The number of rotatable bonds is 0. The summed E-state index contributed by atoms with van der Waals surface area (Å²) in [4.78, 5) is 30.2. The van der Waals surface area contributed by atoms with Crippen LogP contribution in [0.25, 0.3) is 0 Å². The monoisotopic (exact) mass is 218 g/mol. The molecule has 0 amide bonds. The molecule has 0 aliphatic carbocycles. The van der Waals surface area contributed by atoms with E-state index in [-0.39, 0.29) is 0 Å². The number of carboxylic acid groups (broad SMARTS) is 3. The minimum atomic E-state index is -1.45. The third-order valence-corrected chi connectivity index (χ3v) is 0.970. The summed E-state index contributed by atoms with van der Waals surface area (Å²) in [5.74, 6) is 6.69. The molecule has 0 aromatic rings. The van der Waals surface area contributed by atoms with Crippen molar-refractivity contribution < 1.29 is 29.7 Å². The molecule has 0 unspecified atom stereocenters. The minimum Gasteiger partial charge on any atom is -0.472 e. The highest BCUT2D eigenvalue weighted by atomic mass is 16.4. The van der Waals surface area contributed by atoms with Gasteiger partial charge in [-0.1, -0.05) is 0 Å². The normalized spacial score (nSPS) is 6.75. The minimum absolute atomic E-state index is 1.23. The Morgan fingerprint density at radius 3 is 1.12 bits per heavy atom. The van der Waals surface area contributed by atoms with E-state index in [1.165, 1.54) is 0 Å². The molecule has 0 bridgehead atoms. The van der Waals surface area contributed by atoms with Crippen molar-refractivity contribution in [1.29, 1.82) is 0 Å². The van der Waals surface area contributed by atoms with Crippen LogP contribution in [0, 0.1) is 35.2 Å². The molecule has 0 heterocycles. The number of aliphatic carboxylic acids is 3. The fourth-order valence-corrected chi connectivity index (χ4v) is 0.510. The predicted molar refractivity (Wildman–Crippen MR) is 52.0 cm³/mol. The Hall–Kier alpha value is -2.85. The molecule has 0 saturated carbocycles. The summed E-state index contributed by atoms with van der Waals surface area (Å²) in [6.07, 6.45) is 0. The summed E-state index contributed by atoms with van der Waals surface area (Å²) in [6.45, 7) is -1.23. The summed E-state index contributed by atoms with van der Waals surface area (Å²) < 4.78 is 0. The van der Waals surface area contributed by atoms with Crippen molar-refractivity contribution >= 4 is 24.6 Å². The van der Waals surface area contributed by atoms with Crippen LogP contribution in [0.1, 0.15) is 0 Å². The van der Waals surface area contributed by atoms with E-state index in [0.29, 0.717) is 0 Å². The van der Waals surface area contributed by atoms with Crippen molar-refractivity contribution in [3.05, 3.63) is 0 Å². The van der Waals surface area contributed by atoms with Gasteiger partial charge < -0.3 is 15.3 Å². The third kappa shape index (κ3) is 7.79. The smallest absolute Gasteiger partial charge is 0.397 e. The second kappa shape index (κ2) is 6.59. The summed E-state index contributed by atoms with van der Waals surface area (Å²) in [5.41, 5.74) is 0. The Morgan fingerprint density at radius 2 is 0.938 bits per heavy atom.